The zero-order valence-corrected chi connectivity index (χ0v) is 19.2. The fraction of sp³-hybridized carbons (Fsp3) is 0.423. The van der Waals surface area contributed by atoms with Crippen molar-refractivity contribution >= 4 is 18.0 Å². The normalized spacial score (nSPS) is 15.7. The molecule has 2 amide bonds. The van der Waals surface area contributed by atoms with Crippen molar-refractivity contribution in [1.82, 2.24) is 10.2 Å². The lowest BCUT2D eigenvalue weighted by Gasteiger charge is -2.39. The number of nitrogens with zero attached hydrogens (tertiary/aromatic N) is 1. The third kappa shape index (κ3) is 5.39. The Morgan fingerprint density at radius 1 is 1.06 bits per heavy atom. The molecular formula is C26H30N2O6. The maximum Gasteiger partial charge on any atom is 0.407 e. The van der Waals surface area contributed by atoms with Gasteiger partial charge in [0.2, 0.25) is 5.91 Å². The first kappa shape index (κ1) is 23.8. The van der Waals surface area contributed by atoms with E-state index in [1.807, 2.05) is 31.2 Å². The Balaban J connectivity index is 1.22. The van der Waals surface area contributed by atoms with Gasteiger partial charge < -0.3 is 24.8 Å². The van der Waals surface area contributed by atoms with Gasteiger partial charge in [0.25, 0.3) is 0 Å². The summed E-state index contributed by atoms with van der Waals surface area (Å²) in [7, 11) is 0. The smallest absolute Gasteiger partial charge is 0.407 e. The minimum absolute atomic E-state index is 0.00408. The van der Waals surface area contributed by atoms with Gasteiger partial charge in [-0.1, -0.05) is 61.9 Å². The van der Waals surface area contributed by atoms with Crippen LogP contribution in [0.2, 0.25) is 0 Å². The molecule has 1 atom stereocenters. The second-order valence-corrected chi connectivity index (χ2v) is 8.81. The second kappa shape index (κ2) is 10.7. The van der Waals surface area contributed by atoms with E-state index in [4.69, 9.17) is 14.6 Å². The molecule has 1 heterocycles. The number of hydrogen-bond acceptors (Lipinski definition) is 5. The van der Waals surface area contributed by atoms with E-state index in [-0.39, 0.29) is 37.1 Å². The van der Waals surface area contributed by atoms with E-state index in [9.17, 15) is 14.4 Å². The Hall–Kier alpha value is -3.39. The van der Waals surface area contributed by atoms with Crippen LogP contribution in [-0.4, -0.2) is 66.9 Å². The molecule has 4 rings (SSSR count). The molecule has 2 aromatic carbocycles. The number of likely N-dealkylation sites (tertiary alicyclic amines) is 1. The van der Waals surface area contributed by atoms with Crippen LogP contribution in [0, 0.1) is 5.92 Å². The highest BCUT2D eigenvalue weighted by atomic mass is 16.5. The predicted molar refractivity (Wildman–Crippen MR) is 125 cm³/mol. The van der Waals surface area contributed by atoms with Crippen molar-refractivity contribution in [3.63, 3.8) is 0 Å². The van der Waals surface area contributed by atoms with Crippen molar-refractivity contribution in [2.24, 2.45) is 5.92 Å². The van der Waals surface area contributed by atoms with Crippen molar-refractivity contribution in [1.29, 1.82) is 0 Å². The molecule has 180 valence electrons. The van der Waals surface area contributed by atoms with Crippen LogP contribution in [0.4, 0.5) is 4.79 Å². The fourth-order valence-electron chi connectivity index (χ4n) is 4.55. The summed E-state index contributed by atoms with van der Waals surface area (Å²) >= 11 is 0. The lowest BCUT2D eigenvalue weighted by Crippen LogP contribution is -2.55. The summed E-state index contributed by atoms with van der Waals surface area (Å²) < 4.78 is 10.7. The van der Waals surface area contributed by atoms with Crippen molar-refractivity contribution in [2.45, 2.75) is 31.8 Å². The highest BCUT2D eigenvalue weighted by molar-refractivity contribution is 5.79. The van der Waals surface area contributed by atoms with Crippen LogP contribution in [0.15, 0.2) is 48.5 Å². The number of aliphatic carboxylic acids is 1. The number of hydrogen-bond donors (Lipinski definition) is 2. The van der Waals surface area contributed by atoms with E-state index in [0.717, 1.165) is 17.5 Å². The number of alkyl carbamates (subject to hydrolysis) is 1. The SMILES string of the molecule is CCC(CNC(=O)OCC1c2ccccc2-c2ccccc21)CC(=O)N1CC(OCC(=O)O)C1. The molecule has 1 fully saturated rings. The molecule has 0 radical (unpaired) electrons. The molecule has 2 aliphatic rings. The van der Waals surface area contributed by atoms with E-state index >= 15 is 0 Å². The van der Waals surface area contributed by atoms with Gasteiger partial charge >= 0.3 is 12.1 Å². The number of benzene rings is 2. The number of amides is 2. The van der Waals surface area contributed by atoms with E-state index in [2.05, 4.69) is 29.6 Å². The largest absolute Gasteiger partial charge is 0.480 e. The Kier molecular flexibility index (Phi) is 7.47. The summed E-state index contributed by atoms with van der Waals surface area (Å²) in [6, 6.07) is 16.4. The average molecular weight is 467 g/mol. The van der Waals surface area contributed by atoms with Crippen molar-refractivity contribution in [2.75, 3.05) is 32.8 Å². The van der Waals surface area contributed by atoms with Gasteiger partial charge in [-0.05, 0) is 28.2 Å². The summed E-state index contributed by atoms with van der Waals surface area (Å²) in [6.45, 7) is 3.04. The topological polar surface area (TPSA) is 105 Å². The fourth-order valence-corrected chi connectivity index (χ4v) is 4.55. The van der Waals surface area contributed by atoms with Crippen LogP contribution in [0.1, 0.15) is 36.8 Å². The Morgan fingerprint density at radius 2 is 1.68 bits per heavy atom. The van der Waals surface area contributed by atoms with Gasteiger partial charge in [0.1, 0.15) is 13.2 Å². The number of carboxylic acids is 1. The van der Waals surface area contributed by atoms with E-state index in [0.29, 0.717) is 26.1 Å². The van der Waals surface area contributed by atoms with Crippen LogP contribution >= 0.6 is 0 Å². The molecule has 1 saturated heterocycles. The highest BCUT2D eigenvalue weighted by Crippen LogP contribution is 2.44. The number of nitrogens with one attached hydrogen (secondary N) is 1. The number of carbonyl (C=O) groups excluding carboxylic acids is 2. The van der Waals surface area contributed by atoms with Crippen LogP contribution < -0.4 is 5.32 Å². The molecule has 2 aromatic rings. The molecule has 1 aliphatic heterocycles. The monoisotopic (exact) mass is 466 g/mol. The molecule has 0 spiro atoms. The third-order valence-electron chi connectivity index (χ3n) is 6.56. The maximum atomic E-state index is 12.5. The first-order valence-electron chi connectivity index (χ1n) is 11.7. The predicted octanol–water partition coefficient (Wildman–Crippen LogP) is 3.25. The first-order chi connectivity index (χ1) is 16.5. The maximum absolute atomic E-state index is 12.5. The molecule has 8 nitrogen and oxygen atoms in total. The number of rotatable bonds is 10. The second-order valence-electron chi connectivity index (χ2n) is 8.81. The van der Waals surface area contributed by atoms with Gasteiger partial charge in [-0.2, -0.15) is 0 Å². The third-order valence-corrected chi connectivity index (χ3v) is 6.56. The highest BCUT2D eigenvalue weighted by Gasteiger charge is 2.33. The minimum Gasteiger partial charge on any atom is -0.480 e. The summed E-state index contributed by atoms with van der Waals surface area (Å²) in [4.78, 5) is 37.1. The molecule has 0 aromatic heterocycles. The Morgan fingerprint density at radius 3 is 2.26 bits per heavy atom. The van der Waals surface area contributed by atoms with Gasteiger partial charge in [0, 0.05) is 32.0 Å². The van der Waals surface area contributed by atoms with E-state index in [1.54, 1.807) is 4.90 Å². The van der Waals surface area contributed by atoms with Gasteiger partial charge in [0.15, 0.2) is 0 Å². The summed E-state index contributed by atoms with van der Waals surface area (Å²) in [5.41, 5.74) is 4.68. The van der Waals surface area contributed by atoms with E-state index < -0.39 is 12.1 Å². The lowest BCUT2D eigenvalue weighted by atomic mass is 9.98. The molecule has 0 bridgehead atoms. The average Bonchev–Trinajstić information content (AvgIpc) is 3.13. The zero-order chi connectivity index (χ0) is 24.1. The number of ether oxygens (including phenoxy) is 2. The number of carboxylic acid groups (broad SMARTS) is 1. The molecular weight excluding hydrogens is 436 g/mol. The van der Waals surface area contributed by atoms with E-state index in [1.165, 1.54) is 11.1 Å². The quantitative estimate of drug-likeness (QED) is 0.557. The number of fused-ring (bicyclic) bond motifs is 3. The standard InChI is InChI=1S/C26H30N2O6/c1-2-17(11-24(29)28-13-18(14-28)33-16-25(30)31)12-27-26(32)34-15-23-21-9-5-3-7-19(21)20-8-4-6-10-22(20)23/h3-10,17-18,23H,2,11-16H2,1H3,(H,27,32)(H,30,31). The molecule has 8 heteroatoms. The van der Waals surface area contributed by atoms with Gasteiger partial charge in [-0.15, -0.1) is 0 Å². The number of carbonyl (C=O) groups is 3. The first-order valence-corrected chi connectivity index (χ1v) is 11.7. The van der Waals surface area contributed by atoms with Gasteiger partial charge in [-0.3, -0.25) is 4.79 Å². The molecule has 1 aliphatic carbocycles. The molecule has 1 unspecified atom stereocenters. The summed E-state index contributed by atoms with van der Waals surface area (Å²) in [5, 5.41) is 11.5. The lowest BCUT2D eigenvalue weighted by molar-refractivity contribution is -0.154. The Bertz CT molecular complexity index is 1000. The summed E-state index contributed by atoms with van der Waals surface area (Å²) in [5.74, 6) is -1.04. The van der Waals surface area contributed by atoms with Crippen molar-refractivity contribution < 1.29 is 29.0 Å². The van der Waals surface area contributed by atoms with Crippen molar-refractivity contribution in [3.05, 3.63) is 59.7 Å². The Labute approximate surface area is 198 Å². The van der Waals surface area contributed by atoms with Crippen molar-refractivity contribution in [3.8, 4) is 11.1 Å². The summed E-state index contributed by atoms with van der Waals surface area (Å²) in [6.07, 6.45) is 0.339. The molecule has 2 N–H and O–H groups in total. The van der Waals surface area contributed by atoms with Crippen LogP contribution in [0.3, 0.4) is 0 Å². The van der Waals surface area contributed by atoms with Crippen LogP contribution in [-0.2, 0) is 19.1 Å². The minimum atomic E-state index is -1.02. The van der Waals surface area contributed by atoms with Gasteiger partial charge in [-0.25, -0.2) is 9.59 Å². The van der Waals surface area contributed by atoms with Gasteiger partial charge in [0.05, 0.1) is 6.10 Å². The van der Waals surface area contributed by atoms with Crippen LogP contribution in [0.5, 0.6) is 0 Å². The zero-order valence-electron chi connectivity index (χ0n) is 19.2. The van der Waals surface area contributed by atoms with Crippen LogP contribution in [0.25, 0.3) is 11.1 Å². The molecule has 0 saturated carbocycles. The molecule has 34 heavy (non-hydrogen) atoms.